The summed E-state index contributed by atoms with van der Waals surface area (Å²) in [5.74, 6) is 1.60. The minimum absolute atomic E-state index is 0.210. The Morgan fingerprint density at radius 3 is 2.50 bits per heavy atom. The van der Waals surface area contributed by atoms with E-state index in [4.69, 9.17) is 0 Å². The first-order valence-corrected chi connectivity index (χ1v) is 8.34. The van der Waals surface area contributed by atoms with Crippen LogP contribution in [0, 0.1) is 5.92 Å². The van der Waals surface area contributed by atoms with Crippen LogP contribution in [-0.4, -0.2) is 32.0 Å². The van der Waals surface area contributed by atoms with Crippen molar-refractivity contribution in [3.05, 3.63) is 0 Å². The first-order chi connectivity index (χ1) is 7.55. The van der Waals surface area contributed by atoms with Crippen molar-refractivity contribution >= 4 is 9.84 Å². The van der Waals surface area contributed by atoms with Gasteiger partial charge in [0.25, 0.3) is 0 Å². The molecule has 2 fully saturated rings. The molecule has 94 valence electrons. The summed E-state index contributed by atoms with van der Waals surface area (Å²) in [4.78, 5) is 0. The zero-order chi connectivity index (χ0) is 11.6. The molecular formula is C12H23NO2S. The van der Waals surface area contributed by atoms with E-state index < -0.39 is 9.84 Å². The molecule has 1 saturated heterocycles. The first kappa shape index (κ1) is 12.4. The lowest BCUT2D eigenvalue weighted by Gasteiger charge is -2.21. The summed E-state index contributed by atoms with van der Waals surface area (Å²) < 4.78 is 22.7. The Morgan fingerprint density at radius 2 is 1.94 bits per heavy atom. The fourth-order valence-electron chi connectivity index (χ4n) is 3.14. The Labute approximate surface area is 98.9 Å². The molecule has 16 heavy (non-hydrogen) atoms. The van der Waals surface area contributed by atoms with Crippen molar-refractivity contribution in [3.8, 4) is 0 Å². The van der Waals surface area contributed by atoms with E-state index >= 15 is 0 Å². The number of sulfone groups is 1. The Balaban J connectivity index is 1.73. The average molecular weight is 245 g/mol. The van der Waals surface area contributed by atoms with E-state index in [0.29, 0.717) is 17.5 Å². The molecule has 0 aromatic carbocycles. The molecule has 0 aromatic rings. The third kappa shape index (κ3) is 3.45. The van der Waals surface area contributed by atoms with Crippen LogP contribution in [0.25, 0.3) is 0 Å². The van der Waals surface area contributed by atoms with E-state index in [1.807, 2.05) is 0 Å². The summed E-state index contributed by atoms with van der Waals surface area (Å²) >= 11 is 0. The van der Waals surface area contributed by atoms with Crippen LogP contribution in [0.3, 0.4) is 0 Å². The Bertz CT molecular complexity index is 320. The van der Waals surface area contributed by atoms with Crippen LogP contribution in [0.15, 0.2) is 0 Å². The molecule has 0 radical (unpaired) electrons. The number of nitrogens with one attached hydrogen (secondary N) is 1. The lowest BCUT2D eigenvalue weighted by Crippen LogP contribution is -2.38. The van der Waals surface area contributed by atoms with Crippen LogP contribution >= 0.6 is 0 Å². The molecular weight excluding hydrogens is 222 g/mol. The average Bonchev–Trinajstić information content (AvgIpc) is 2.76. The molecule has 0 spiro atoms. The topological polar surface area (TPSA) is 46.2 Å². The largest absolute Gasteiger partial charge is 0.310 e. The minimum Gasteiger partial charge on any atom is -0.310 e. The van der Waals surface area contributed by atoms with Gasteiger partial charge in [0.2, 0.25) is 0 Å². The van der Waals surface area contributed by atoms with Crippen molar-refractivity contribution in [3.63, 3.8) is 0 Å². The van der Waals surface area contributed by atoms with Gasteiger partial charge in [-0.1, -0.05) is 25.7 Å². The predicted octanol–water partition coefficient (Wildman–Crippen LogP) is 1.73. The third-order valence-electron chi connectivity index (χ3n) is 3.91. The number of rotatable bonds is 4. The molecule has 1 aliphatic carbocycles. The van der Waals surface area contributed by atoms with Crippen LogP contribution in [-0.2, 0) is 9.84 Å². The summed E-state index contributed by atoms with van der Waals surface area (Å²) in [6.45, 7) is 2.20. The maximum absolute atomic E-state index is 11.3. The molecule has 2 unspecified atom stereocenters. The van der Waals surface area contributed by atoms with E-state index in [0.717, 1.165) is 12.3 Å². The second kappa shape index (κ2) is 5.05. The van der Waals surface area contributed by atoms with Crippen molar-refractivity contribution < 1.29 is 8.42 Å². The molecule has 0 aromatic heterocycles. The Morgan fingerprint density at radius 1 is 1.25 bits per heavy atom. The van der Waals surface area contributed by atoms with Gasteiger partial charge in [-0.15, -0.1) is 0 Å². The highest BCUT2D eigenvalue weighted by Crippen LogP contribution is 2.28. The summed E-state index contributed by atoms with van der Waals surface area (Å²) in [6.07, 6.45) is 7.53. The normalized spacial score (nSPS) is 31.9. The van der Waals surface area contributed by atoms with E-state index in [-0.39, 0.29) is 6.04 Å². The van der Waals surface area contributed by atoms with E-state index in [1.165, 1.54) is 32.1 Å². The van der Waals surface area contributed by atoms with Crippen LogP contribution in [0.4, 0.5) is 0 Å². The molecule has 0 amide bonds. The smallest absolute Gasteiger partial charge is 0.151 e. The molecule has 1 aliphatic heterocycles. The van der Waals surface area contributed by atoms with E-state index in [1.54, 1.807) is 0 Å². The number of hydrogen-bond donors (Lipinski definition) is 1. The van der Waals surface area contributed by atoms with Gasteiger partial charge in [-0.2, -0.15) is 0 Å². The highest BCUT2D eigenvalue weighted by molar-refractivity contribution is 7.91. The summed E-state index contributed by atoms with van der Waals surface area (Å²) in [7, 11) is -2.73. The van der Waals surface area contributed by atoms with Crippen molar-refractivity contribution in [2.45, 2.75) is 57.5 Å². The summed E-state index contributed by atoms with van der Waals surface area (Å²) in [5.41, 5.74) is 0. The van der Waals surface area contributed by atoms with Gasteiger partial charge in [0.1, 0.15) is 0 Å². The molecule has 1 heterocycles. The molecule has 1 saturated carbocycles. The first-order valence-electron chi connectivity index (χ1n) is 6.51. The van der Waals surface area contributed by atoms with Crippen molar-refractivity contribution in [2.24, 2.45) is 5.92 Å². The highest BCUT2D eigenvalue weighted by Gasteiger charge is 2.29. The fraction of sp³-hybridized carbons (Fsp3) is 1.00. The molecule has 2 aliphatic rings. The van der Waals surface area contributed by atoms with Gasteiger partial charge in [0.05, 0.1) is 11.5 Å². The number of hydrogen-bond acceptors (Lipinski definition) is 3. The van der Waals surface area contributed by atoms with E-state index in [9.17, 15) is 8.42 Å². The Kier molecular flexibility index (Phi) is 3.90. The molecule has 0 bridgehead atoms. The molecule has 3 nitrogen and oxygen atoms in total. The van der Waals surface area contributed by atoms with Gasteiger partial charge in [-0.05, 0) is 25.7 Å². The minimum atomic E-state index is -2.73. The lowest BCUT2D eigenvalue weighted by molar-refractivity contribution is 0.378. The molecule has 2 rings (SSSR count). The van der Waals surface area contributed by atoms with Gasteiger partial charge < -0.3 is 5.32 Å². The molecule has 1 N–H and O–H groups in total. The van der Waals surface area contributed by atoms with Crippen molar-refractivity contribution in [1.82, 2.24) is 5.32 Å². The summed E-state index contributed by atoms with van der Waals surface area (Å²) in [6, 6.07) is 0.683. The van der Waals surface area contributed by atoms with Gasteiger partial charge >= 0.3 is 0 Å². The zero-order valence-corrected chi connectivity index (χ0v) is 10.9. The zero-order valence-electron chi connectivity index (χ0n) is 10.1. The van der Waals surface area contributed by atoms with Crippen molar-refractivity contribution in [2.75, 3.05) is 11.5 Å². The van der Waals surface area contributed by atoms with E-state index in [2.05, 4.69) is 12.2 Å². The SMILES string of the molecule is CC(CC1CCCC1)NC1CCS(=O)(=O)C1. The molecule has 4 heteroatoms. The van der Waals surface area contributed by atoms with Gasteiger partial charge in [-0.3, -0.25) is 0 Å². The monoisotopic (exact) mass is 245 g/mol. The maximum atomic E-state index is 11.3. The molecule has 2 atom stereocenters. The highest BCUT2D eigenvalue weighted by atomic mass is 32.2. The Hall–Kier alpha value is -0.0900. The van der Waals surface area contributed by atoms with Crippen LogP contribution in [0.2, 0.25) is 0 Å². The van der Waals surface area contributed by atoms with Crippen LogP contribution in [0.1, 0.15) is 45.4 Å². The summed E-state index contributed by atoms with van der Waals surface area (Å²) in [5, 5.41) is 3.48. The second-order valence-corrected chi connectivity index (χ2v) is 7.78. The van der Waals surface area contributed by atoms with Gasteiger partial charge in [-0.25, -0.2) is 8.42 Å². The standard InChI is InChI=1S/C12H23NO2S/c1-10(8-11-4-2-3-5-11)13-12-6-7-16(14,15)9-12/h10-13H,2-9H2,1H3. The van der Waals surface area contributed by atoms with Crippen molar-refractivity contribution in [1.29, 1.82) is 0 Å². The van der Waals surface area contributed by atoms with Gasteiger partial charge in [0.15, 0.2) is 9.84 Å². The third-order valence-corrected chi connectivity index (χ3v) is 5.68. The second-order valence-electron chi connectivity index (χ2n) is 5.55. The quantitative estimate of drug-likeness (QED) is 0.820. The van der Waals surface area contributed by atoms with Gasteiger partial charge in [0, 0.05) is 12.1 Å². The van der Waals surface area contributed by atoms with Crippen LogP contribution in [0.5, 0.6) is 0 Å². The lowest BCUT2D eigenvalue weighted by atomic mass is 9.99. The van der Waals surface area contributed by atoms with Crippen LogP contribution < -0.4 is 5.32 Å². The fourth-order valence-corrected chi connectivity index (χ4v) is 4.83. The predicted molar refractivity (Wildman–Crippen MR) is 66.2 cm³/mol. The maximum Gasteiger partial charge on any atom is 0.151 e.